The molecule has 108 valence electrons. The number of para-hydroxylation sites is 1. The van der Waals surface area contributed by atoms with E-state index in [0.29, 0.717) is 0 Å². The first-order valence-electron chi connectivity index (χ1n) is 6.29. The summed E-state index contributed by atoms with van der Waals surface area (Å²) in [4.78, 5) is 22.0. The highest BCUT2D eigenvalue weighted by atomic mass is 16.6. The third-order valence-electron chi connectivity index (χ3n) is 3.03. The SMILES string of the molecule is Cc1ccc(CNC(=O)c2cccc([N+](=O)[O-])c2O)cc1. The van der Waals surface area contributed by atoms with Crippen LogP contribution in [0.5, 0.6) is 5.75 Å². The topological polar surface area (TPSA) is 92.5 Å². The summed E-state index contributed by atoms with van der Waals surface area (Å²) in [7, 11) is 0. The number of benzene rings is 2. The molecule has 0 fully saturated rings. The van der Waals surface area contributed by atoms with Crippen LogP contribution in [-0.2, 0) is 6.54 Å². The number of nitro groups is 1. The van der Waals surface area contributed by atoms with Gasteiger partial charge in [0.15, 0.2) is 0 Å². The molecule has 2 aromatic rings. The van der Waals surface area contributed by atoms with Crippen LogP contribution in [0.1, 0.15) is 21.5 Å². The highest BCUT2D eigenvalue weighted by Crippen LogP contribution is 2.29. The highest BCUT2D eigenvalue weighted by Gasteiger charge is 2.20. The van der Waals surface area contributed by atoms with Crippen LogP contribution in [-0.4, -0.2) is 15.9 Å². The second-order valence-corrected chi connectivity index (χ2v) is 4.60. The van der Waals surface area contributed by atoms with Gasteiger partial charge >= 0.3 is 5.69 Å². The molecule has 0 aliphatic rings. The summed E-state index contributed by atoms with van der Waals surface area (Å²) >= 11 is 0. The first-order valence-corrected chi connectivity index (χ1v) is 6.29. The predicted octanol–water partition coefficient (Wildman–Crippen LogP) is 2.54. The average molecular weight is 286 g/mol. The Morgan fingerprint density at radius 3 is 2.52 bits per heavy atom. The van der Waals surface area contributed by atoms with E-state index in [4.69, 9.17) is 0 Å². The van der Waals surface area contributed by atoms with Crippen LogP contribution in [0.4, 0.5) is 5.69 Å². The molecule has 0 radical (unpaired) electrons. The molecule has 0 heterocycles. The first kappa shape index (κ1) is 14.5. The molecule has 0 saturated carbocycles. The summed E-state index contributed by atoms with van der Waals surface area (Å²) in [5, 5.41) is 23.1. The van der Waals surface area contributed by atoms with Crippen molar-refractivity contribution in [3.63, 3.8) is 0 Å². The Hall–Kier alpha value is -2.89. The van der Waals surface area contributed by atoms with Gasteiger partial charge in [-0.05, 0) is 18.6 Å². The molecule has 2 aromatic carbocycles. The molecule has 0 unspecified atom stereocenters. The smallest absolute Gasteiger partial charge is 0.311 e. The number of aromatic hydroxyl groups is 1. The number of rotatable bonds is 4. The Kier molecular flexibility index (Phi) is 4.18. The lowest BCUT2D eigenvalue weighted by molar-refractivity contribution is -0.385. The van der Waals surface area contributed by atoms with Crippen molar-refractivity contribution >= 4 is 11.6 Å². The highest BCUT2D eigenvalue weighted by molar-refractivity contribution is 5.98. The van der Waals surface area contributed by atoms with Crippen molar-refractivity contribution in [3.8, 4) is 5.75 Å². The monoisotopic (exact) mass is 286 g/mol. The second kappa shape index (κ2) is 6.04. The van der Waals surface area contributed by atoms with Gasteiger partial charge in [-0.1, -0.05) is 35.9 Å². The minimum absolute atomic E-state index is 0.115. The molecule has 1 amide bonds. The molecule has 2 N–H and O–H groups in total. The number of nitrogens with zero attached hydrogens (tertiary/aromatic N) is 1. The van der Waals surface area contributed by atoms with Crippen molar-refractivity contribution in [2.45, 2.75) is 13.5 Å². The summed E-state index contributed by atoms with van der Waals surface area (Å²) in [6.07, 6.45) is 0. The van der Waals surface area contributed by atoms with Gasteiger partial charge in [0.25, 0.3) is 5.91 Å². The quantitative estimate of drug-likeness (QED) is 0.667. The fraction of sp³-hybridized carbons (Fsp3) is 0.133. The number of phenolic OH excluding ortho intramolecular Hbond substituents is 1. The number of phenols is 1. The lowest BCUT2D eigenvalue weighted by Gasteiger charge is -2.07. The third-order valence-corrected chi connectivity index (χ3v) is 3.03. The molecule has 0 saturated heterocycles. The molecular formula is C15H14N2O4. The molecular weight excluding hydrogens is 272 g/mol. The van der Waals surface area contributed by atoms with Crippen LogP contribution in [0.3, 0.4) is 0 Å². The van der Waals surface area contributed by atoms with E-state index in [-0.39, 0.29) is 12.1 Å². The summed E-state index contributed by atoms with van der Waals surface area (Å²) in [6, 6.07) is 11.4. The second-order valence-electron chi connectivity index (χ2n) is 4.60. The Balaban J connectivity index is 2.12. The summed E-state index contributed by atoms with van der Waals surface area (Å²) in [5.41, 5.74) is 1.41. The fourth-order valence-corrected chi connectivity index (χ4v) is 1.85. The van der Waals surface area contributed by atoms with Gasteiger partial charge in [0.05, 0.1) is 10.5 Å². The number of hydrogen-bond acceptors (Lipinski definition) is 4. The van der Waals surface area contributed by atoms with Crippen LogP contribution in [0.25, 0.3) is 0 Å². The Morgan fingerprint density at radius 1 is 1.24 bits per heavy atom. The largest absolute Gasteiger partial charge is 0.502 e. The van der Waals surface area contributed by atoms with Gasteiger partial charge in [0, 0.05) is 12.6 Å². The third kappa shape index (κ3) is 3.36. The molecule has 0 aromatic heterocycles. The van der Waals surface area contributed by atoms with Crippen LogP contribution >= 0.6 is 0 Å². The Bertz CT molecular complexity index is 681. The minimum Gasteiger partial charge on any atom is -0.502 e. The molecule has 6 nitrogen and oxygen atoms in total. The van der Waals surface area contributed by atoms with E-state index in [0.717, 1.165) is 17.2 Å². The van der Waals surface area contributed by atoms with E-state index < -0.39 is 22.3 Å². The molecule has 0 atom stereocenters. The molecule has 0 spiro atoms. The zero-order chi connectivity index (χ0) is 15.4. The average Bonchev–Trinajstić information content (AvgIpc) is 2.46. The number of hydrogen-bond donors (Lipinski definition) is 2. The van der Waals surface area contributed by atoms with Crippen LogP contribution in [0.2, 0.25) is 0 Å². The van der Waals surface area contributed by atoms with Gasteiger partial charge in [-0.2, -0.15) is 0 Å². The minimum atomic E-state index is -0.730. The number of nitrogens with one attached hydrogen (secondary N) is 1. The molecule has 6 heteroatoms. The van der Waals surface area contributed by atoms with E-state index in [1.54, 1.807) is 0 Å². The lowest BCUT2D eigenvalue weighted by Crippen LogP contribution is -2.23. The van der Waals surface area contributed by atoms with Gasteiger partial charge in [-0.25, -0.2) is 0 Å². The van der Waals surface area contributed by atoms with Crippen LogP contribution < -0.4 is 5.32 Å². The number of aryl methyl sites for hydroxylation is 1. The normalized spacial score (nSPS) is 10.1. The standard InChI is InChI=1S/C15H14N2O4/c1-10-5-7-11(8-6-10)9-16-15(19)12-3-2-4-13(14(12)18)17(20)21/h2-8,18H,9H2,1H3,(H,16,19). The van der Waals surface area contributed by atoms with Crippen molar-refractivity contribution < 1.29 is 14.8 Å². The van der Waals surface area contributed by atoms with Crippen molar-refractivity contribution in [2.24, 2.45) is 0 Å². The molecule has 0 bridgehead atoms. The Labute approximate surface area is 121 Å². The van der Waals surface area contributed by atoms with Crippen molar-refractivity contribution in [1.82, 2.24) is 5.32 Å². The number of amides is 1. The fourth-order valence-electron chi connectivity index (χ4n) is 1.85. The van der Waals surface area contributed by atoms with Gasteiger partial charge in [-0.15, -0.1) is 0 Å². The maximum atomic E-state index is 12.0. The van der Waals surface area contributed by atoms with Crippen LogP contribution in [0, 0.1) is 17.0 Å². The Morgan fingerprint density at radius 2 is 1.90 bits per heavy atom. The van der Waals surface area contributed by atoms with Gasteiger partial charge in [0.1, 0.15) is 0 Å². The van der Waals surface area contributed by atoms with Crippen LogP contribution in [0.15, 0.2) is 42.5 Å². The maximum Gasteiger partial charge on any atom is 0.311 e. The number of carbonyl (C=O) groups excluding carboxylic acids is 1. The predicted molar refractivity (Wildman–Crippen MR) is 77.1 cm³/mol. The molecule has 2 rings (SSSR count). The lowest BCUT2D eigenvalue weighted by atomic mass is 10.1. The van der Waals surface area contributed by atoms with E-state index >= 15 is 0 Å². The van der Waals surface area contributed by atoms with Crippen molar-refractivity contribution in [1.29, 1.82) is 0 Å². The summed E-state index contributed by atoms with van der Waals surface area (Å²) in [5.74, 6) is -1.18. The van der Waals surface area contributed by atoms with E-state index in [1.165, 1.54) is 12.1 Å². The van der Waals surface area contributed by atoms with Gasteiger partial charge in [-0.3, -0.25) is 14.9 Å². The van der Waals surface area contributed by atoms with E-state index in [9.17, 15) is 20.0 Å². The van der Waals surface area contributed by atoms with Crippen molar-refractivity contribution in [2.75, 3.05) is 0 Å². The van der Waals surface area contributed by atoms with Gasteiger partial charge < -0.3 is 10.4 Å². The summed E-state index contributed by atoms with van der Waals surface area (Å²) in [6.45, 7) is 2.24. The molecule has 0 aliphatic carbocycles. The number of nitro benzene ring substituents is 1. The molecule has 21 heavy (non-hydrogen) atoms. The molecule has 0 aliphatic heterocycles. The van der Waals surface area contributed by atoms with Gasteiger partial charge in [0.2, 0.25) is 5.75 Å². The maximum absolute atomic E-state index is 12.0. The summed E-state index contributed by atoms with van der Waals surface area (Å²) < 4.78 is 0. The zero-order valence-electron chi connectivity index (χ0n) is 11.4. The van der Waals surface area contributed by atoms with E-state index in [1.807, 2.05) is 31.2 Å². The van der Waals surface area contributed by atoms with Crippen molar-refractivity contribution in [3.05, 3.63) is 69.3 Å². The number of carbonyl (C=O) groups is 1. The van der Waals surface area contributed by atoms with E-state index in [2.05, 4.69) is 5.32 Å². The zero-order valence-corrected chi connectivity index (χ0v) is 11.4. The first-order chi connectivity index (χ1) is 9.99.